The Morgan fingerprint density at radius 2 is 1.55 bits per heavy atom. The molecule has 0 bridgehead atoms. The predicted octanol–water partition coefficient (Wildman–Crippen LogP) is 2.40. The molecule has 7 nitrogen and oxygen atoms in total. The average molecular weight is 304 g/mol. The first-order valence-corrected chi connectivity index (χ1v) is 6.85. The number of nitrogens with zero attached hydrogens (tertiary/aromatic N) is 2. The number of hydrogen-bond donors (Lipinski definition) is 0. The van der Waals surface area contributed by atoms with Gasteiger partial charge in [0.25, 0.3) is 0 Å². The van der Waals surface area contributed by atoms with Gasteiger partial charge in [0.15, 0.2) is 0 Å². The molecule has 0 aliphatic rings. The standard InChI is InChI=1S/C15H16N2O5/c1-4-20-14(18)11-6-10(13-17-16-9(3)22-13)7-12(8-11)15(19)21-5-2/h6-8H,4-5H2,1-3H3. The summed E-state index contributed by atoms with van der Waals surface area (Å²) in [5, 5.41) is 7.62. The molecule has 0 saturated carbocycles. The Morgan fingerprint density at radius 3 is 1.95 bits per heavy atom. The average Bonchev–Trinajstić information content (AvgIpc) is 2.94. The molecule has 0 aliphatic heterocycles. The molecule has 0 radical (unpaired) electrons. The number of carbonyl (C=O) groups is 2. The zero-order valence-electron chi connectivity index (χ0n) is 12.6. The summed E-state index contributed by atoms with van der Waals surface area (Å²) in [6.45, 7) is 5.53. The minimum atomic E-state index is -0.536. The second-order valence-electron chi connectivity index (χ2n) is 4.37. The Bertz CT molecular complexity index is 657. The van der Waals surface area contributed by atoms with Gasteiger partial charge in [0.1, 0.15) is 0 Å². The Morgan fingerprint density at radius 1 is 1.00 bits per heavy atom. The normalized spacial score (nSPS) is 10.3. The maximum absolute atomic E-state index is 11.9. The van der Waals surface area contributed by atoms with E-state index in [1.165, 1.54) is 18.2 Å². The van der Waals surface area contributed by atoms with Gasteiger partial charge in [-0.15, -0.1) is 10.2 Å². The first-order chi connectivity index (χ1) is 10.5. The van der Waals surface area contributed by atoms with E-state index in [1.807, 2.05) is 0 Å². The minimum Gasteiger partial charge on any atom is -0.462 e. The number of carbonyl (C=O) groups excluding carboxylic acids is 2. The summed E-state index contributed by atoms with van der Waals surface area (Å²) in [4.78, 5) is 23.9. The van der Waals surface area contributed by atoms with Crippen molar-refractivity contribution in [2.24, 2.45) is 0 Å². The smallest absolute Gasteiger partial charge is 0.338 e. The van der Waals surface area contributed by atoms with Crippen molar-refractivity contribution < 1.29 is 23.5 Å². The van der Waals surface area contributed by atoms with Crippen LogP contribution < -0.4 is 0 Å². The van der Waals surface area contributed by atoms with Crippen LogP contribution in [-0.2, 0) is 9.47 Å². The van der Waals surface area contributed by atoms with Crippen LogP contribution in [-0.4, -0.2) is 35.3 Å². The summed E-state index contributed by atoms with van der Waals surface area (Å²) >= 11 is 0. The summed E-state index contributed by atoms with van der Waals surface area (Å²) in [6, 6.07) is 4.49. The zero-order valence-corrected chi connectivity index (χ0v) is 12.6. The Balaban J connectivity index is 2.48. The highest BCUT2D eigenvalue weighted by Crippen LogP contribution is 2.22. The van der Waals surface area contributed by atoms with Gasteiger partial charge in [-0.2, -0.15) is 0 Å². The van der Waals surface area contributed by atoms with Crippen molar-refractivity contribution in [2.75, 3.05) is 13.2 Å². The number of hydrogen-bond acceptors (Lipinski definition) is 7. The van der Waals surface area contributed by atoms with Crippen LogP contribution in [0.25, 0.3) is 11.5 Å². The third-order valence-corrected chi connectivity index (χ3v) is 2.73. The molecular weight excluding hydrogens is 288 g/mol. The van der Waals surface area contributed by atoms with E-state index >= 15 is 0 Å². The maximum Gasteiger partial charge on any atom is 0.338 e. The van der Waals surface area contributed by atoms with Crippen molar-refractivity contribution in [1.29, 1.82) is 0 Å². The Hall–Kier alpha value is -2.70. The molecule has 0 amide bonds. The number of esters is 2. The quantitative estimate of drug-likeness (QED) is 0.783. The number of rotatable bonds is 5. The van der Waals surface area contributed by atoms with Crippen LogP contribution in [0.5, 0.6) is 0 Å². The topological polar surface area (TPSA) is 91.5 Å². The van der Waals surface area contributed by atoms with Crippen molar-refractivity contribution >= 4 is 11.9 Å². The number of ether oxygens (including phenoxy) is 2. The molecule has 1 aromatic heterocycles. The first-order valence-electron chi connectivity index (χ1n) is 6.85. The summed E-state index contributed by atoms with van der Waals surface area (Å²) in [5.41, 5.74) is 0.894. The molecule has 0 spiro atoms. The molecule has 1 aromatic carbocycles. The monoisotopic (exact) mass is 304 g/mol. The van der Waals surface area contributed by atoms with Gasteiger partial charge in [-0.3, -0.25) is 0 Å². The van der Waals surface area contributed by atoms with Crippen LogP contribution in [0.3, 0.4) is 0 Å². The summed E-state index contributed by atoms with van der Waals surface area (Å²) < 4.78 is 15.3. The molecule has 0 aliphatic carbocycles. The van der Waals surface area contributed by atoms with Gasteiger partial charge < -0.3 is 13.9 Å². The van der Waals surface area contributed by atoms with Crippen LogP contribution in [0.4, 0.5) is 0 Å². The SMILES string of the molecule is CCOC(=O)c1cc(C(=O)OCC)cc(-c2nnc(C)o2)c1. The lowest BCUT2D eigenvalue weighted by atomic mass is 10.1. The van der Waals surface area contributed by atoms with Gasteiger partial charge in [0.2, 0.25) is 11.8 Å². The van der Waals surface area contributed by atoms with E-state index in [-0.39, 0.29) is 30.2 Å². The molecule has 116 valence electrons. The van der Waals surface area contributed by atoms with Crippen LogP contribution in [0.15, 0.2) is 22.6 Å². The summed E-state index contributed by atoms with van der Waals surface area (Å²) in [7, 11) is 0. The third kappa shape index (κ3) is 3.49. The van der Waals surface area contributed by atoms with E-state index in [4.69, 9.17) is 13.9 Å². The predicted molar refractivity (Wildman–Crippen MR) is 76.4 cm³/mol. The number of aryl methyl sites for hydroxylation is 1. The maximum atomic E-state index is 11.9. The van der Waals surface area contributed by atoms with Crippen LogP contribution in [0, 0.1) is 6.92 Å². The molecule has 2 aromatic rings. The molecule has 22 heavy (non-hydrogen) atoms. The fraction of sp³-hybridized carbons (Fsp3) is 0.333. The van der Waals surface area contributed by atoms with Gasteiger partial charge in [0.05, 0.1) is 24.3 Å². The van der Waals surface area contributed by atoms with E-state index in [0.717, 1.165) is 0 Å². The van der Waals surface area contributed by atoms with Crippen LogP contribution in [0.2, 0.25) is 0 Å². The van der Waals surface area contributed by atoms with Gasteiger partial charge in [-0.05, 0) is 32.0 Å². The molecule has 0 fully saturated rings. The second-order valence-corrected chi connectivity index (χ2v) is 4.37. The molecule has 7 heteroatoms. The van der Waals surface area contributed by atoms with E-state index < -0.39 is 11.9 Å². The molecule has 0 N–H and O–H groups in total. The van der Waals surface area contributed by atoms with E-state index in [2.05, 4.69) is 10.2 Å². The number of aromatic nitrogens is 2. The fourth-order valence-corrected chi connectivity index (χ4v) is 1.83. The first kappa shape index (κ1) is 15.7. The minimum absolute atomic E-state index is 0.217. The highest BCUT2D eigenvalue weighted by molar-refractivity contribution is 5.97. The third-order valence-electron chi connectivity index (χ3n) is 2.73. The largest absolute Gasteiger partial charge is 0.462 e. The highest BCUT2D eigenvalue weighted by atomic mass is 16.5. The number of benzene rings is 1. The Labute approximate surface area is 127 Å². The molecule has 1 heterocycles. The van der Waals surface area contributed by atoms with Crippen molar-refractivity contribution in [3.63, 3.8) is 0 Å². The van der Waals surface area contributed by atoms with Gasteiger partial charge in [-0.25, -0.2) is 9.59 Å². The Kier molecular flexibility index (Phi) is 4.88. The lowest BCUT2D eigenvalue weighted by Crippen LogP contribution is -2.09. The molecular formula is C15H16N2O5. The lowest BCUT2D eigenvalue weighted by Gasteiger charge is -2.07. The summed E-state index contributed by atoms with van der Waals surface area (Å²) in [6.07, 6.45) is 0. The van der Waals surface area contributed by atoms with Crippen molar-refractivity contribution in [2.45, 2.75) is 20.8 Å². The van der Waals surface area contributed by atoms with Crippen LogP contribution >= 0.6 is 0 Å². The molecule has 2 rings (SSSR count). The van der Waals surface area contributed by atoms with E-state index in [1.54, 1.807) is 20.8 Å². The van der Waals surface area contributed by atoms with E-state index in [9.17, 15) is 9.59 Å². The molecule has 0 atom stereocenters. The van der Waals surface area contributed by atoms with Gasteiger partial charge in [0, 0.05) is 12.5 Å². The molecule has 0 saturated heterocycles. The van der Waals surface area contributed by atoms with Gasteiger partial charge >= 0.3 is 11.9 Å². The van der Waals surface area contributed by atoms with E-state index in [0.29, 0.717) is 11.5 Å². The molecule has 0 unspecified atom stereocenters. The van der Waals surface area contributed by atoms with Crippen molar-refractivity contribution in [3.8, 4) is 11.5 Å². The summed E-state index contributed by atoms with van der Waals surface area (Å²) in [5.74, 6) is -0.472. The second kappa shape index (κ2) is 6.84. The lowest BCUT2D eigenvalue weighted by molar-refractivity contribution is 0.0525. The highest BCUT2D eigenvalue weighted by Gasteiger charge is 2.17. The van der Waals surface area contributed by atoms with Crippen molar-refractivity contribution in [3.05, 3.63) is 35.2 Å². The van der Waals surface area contributed by atoms with Crippen LogP contribution in [0.1, 0.15) is 40.5 Å². The zero-order chi connectivity index (χ0) is 16.1. The van der Waals surface area contributed by atoms with Gasteiger partial charge in [-0.1, -0.05) is 0 Å². The van der Waals surface area contributed by atoms with Crippen molar-refractivity contribution in [1.82, 2.24) is 10.2 Å². The fourth-order valence-electron chi connectivity index (χ4n) is 1.83.